The van der Waals surface area contributed by atoms with Crippen LogP contribution in [0.25, 0.3) is 0 Å². The monoisotopic (exact) mass is 458 g/mol. The van der Waals surface area contributed by atoms with Crippen LogP contribution in [0.2, 0.25) is 0 Å². The summed E-state index contributed by atoms with van der Waals surface area (Å²) in [6.45, 7) is 4.17. The van der Waals surface area contributed by atoms with Crippen molar-refractivity contribution in [2.45, 2.75) is 0 Å². The van der Waals surface area contributed by atoms with E-state index in [2.05, 4.69) is 4.90 Å². The molecule has 0 bridgehead atoms. The van der Waals surface area contributed by atoms with Crippen LogP contribution < -0.4 is 9.80 Å². The molecule has 0 atom stereocenters. The lowest BCUT2D eigenvalue weighted by Gasteiger charge is -2.36. The number of hydrogen-bond acceptors (Lipinski definition) is 5. The standard InChI is InChI=1S/C24H28F2N4O3/c25-19-5-7-20(8-6-19)27-9-13-29(14-10-27)23(31)17-33-18-24(32)30-15-11-28(12-16-30)22-4-2-1-3-21(22)26/h1-8H,9-18H2. The van der Waals surface area contributed by atoms with Gasteiger partial charge in [0.05, 0.1) is 5.69 Å². The molecule has 2 aromatic carbocycles. The number of anilines is 2. The topological polar surface area (TPSA) is 56.3 Å². The number of rotatable bonds is 6. The highest BCUT2D eigenvalue weighted by Crippen LogP contribution is 2.20. The van der Waals surface area contributed by atoms with Crippen molar-refractivity contribution in [1.29, 1.82) is 0 Å². The number of halogens is 2. The van der Waals surface area contributed by atoms with Gasteiger partial charge in [-0.1, -0.05) is 12.1 Å². The van der Waals surface area contributed by atoms with Crippen molar-refractivity contribution in [2.24, 2.45) is 0 Å². The van der Waals surface area contributed by atoms with Crippen LogP contribution >= 0.6 is 0 Å². The summed E-state index contributed by atoms with van der Waals surface area (Å²) in [4.78, 5) is 32.3. The van der Waals surface area contributed by atoms with Gasteiger partial charge in [0.15, 0.2) is 0 Å². The third kappa shape index (κ3) is 5.78. The molecule has 7 nitrogen and oxygen atoms in total. The van der Waals surface area contributed by atoms with Crippen molar-refractivity contribution >= 4 is 23.2 Å². The summed E-state index contributed by atoms with van der Waals surface area (Å²) in [5, 5.41) is 0. The van der Waals surface area contributed by atoms with Crippen molar-refractivity contribution in [3.8, 4) is 0 Å². The molecule has 2 aromatic rings. The lowest BCUT2D eigenvalue weighted by molar-refractivity contribution is -0.142. The second kappa shape index (κ2) is 10.6. The Morgan fingerprint density at radius 2 is 1.21 bits per heavy atom. The number of para-hydroxylation sites is 1. The van der Waals surface area contributed by atoms with Gasteiger partial charge in [-0.25, -0.2) is 8.78 Å². The molecule has 176 valence electrons. The van der Waals surface area contributed by atoms with Crippen LogP contribution in [0.4, 0.5) is 20.2 Å². The van der Waals surface area contributed by atoms with E-state index in [9.17, 15) is 18.4 Å². The fourth-order valence-electron chi connectivity index (χ4n) is 4.18. The Morgan fingerprint density at radius 3 is 1.76 bits per heavy atom. The number of amides is 2. The van der Waals surface area contributed by atoms with Gasteiger partial charge in [-0.2, -0.15) is 0 Å². The van der Waals surface area contributed by atoms with Crippen LogP contribution in [0, 0.1) is 11.6 Å². The van der Waals surface area contributed by atoms with Crippen molar-refractivity contribution in [1.82, 2.24) is 9.80 Å². The summed E-state index contributed by atoms with van der Waals surface area (Å²) in [5.74, 6) is -0.855. The minimum Gasteiger partial charge on any atom is -0.368 e. The lowest BCUT2D eigenvalue weighted by Crippen LogP contribution is -2.51. The second-order valence-electron chi connectivity index (χ2n) is 8.16. The molecule has 9 heteroatoms. The smallest absolute Gasteiger partial charge is 0.248 e. The number of ether oxygens (including phenoxy) is 1. The molecule has 0 saturated carbocycles. The molecule has 2 aliphatic rings. The number of piperazine rings is 2. The van der Waals surface area contributed by atoms with Gasteiger partial charge < -0.3 is 24.3 Å². The zero-order chi connectivity index (χ0) is 23.2. The zero-order valence-electron chi connectivity index (χ0n) is 18.5. The largest absolute Gasteiger partial charge is 0.368 e. The highest BCUT2D eigenvalue weighted by Gasteiger charge is 2.24. The highest BCUT2D eigenvalue weighted by molar-refractivity contribution is 5.80. The van der Waals surface area contributed by atoms with Crippen LogP contribution in [0.1, 0.15) is 0 Å². The minimum atomic E-state index is -0.272. The quantitative estimate of drug-likeness (QED) is 0.663. The average Bonchev–Trinajstić information content (AvgIpc) is 2.85. The van der Waals surface area contributed by atoms with E-state index >= 15 is 0 Å². The van der Waals surface area contributed by atoms with E-state index in [1.807, 2.05) is 4.90 Å². The number of benzene rings is 2. The minimum absolute atomic E-state index is 0.141. The summed E-state index contributed by atoms with van der Waals surface area (Å²) in [6.07, 6.45) is 0. The van der Waals surface area contributed by atoms with Crippen molar-refractivity contribution in [2.75, 3.05) is 75.4 Å². The predicted molar refractivity (Wildman–Crippen MR) is 121 cm³/mol. The van der Waals surface area contributed by atoms with Crippen LogP contribution in [0.15, 0.2) is 48.5 Å². The van der Waals surface area contributed by atoms with Gasteiger partial charge in [0.1, 0.15) is 24.8 Å². The Bertz CT molecular complexity index is 956. The summed E-state index contributed by atoms with van der Waals surface area (Å²) < 4.78 is 32.5. The zero-order valence-corrected chi connectivity index (χ0v) is 18.5. The van der Waals surface area contributed by atoms with Crippen LogP contribution in [0.5, 0.6) is 0 Å². The number of carbonyl (C=O) groups excluding carboxylic acids is 2. The Kier molecular flexibility index (Phi) is 7.39. The summed E-state index contributed by atoms with van der Waals surface area (Å²) >= 11 is 0. The molecule has 0 aliphatic carbocycles. The van der Waals surface area contributed by atoms with E-state index in [0.29, 0.717) is 58.0 Å². The summed E-state index contributed by atoms with van der Waals surface area (Å²) in [5.41, 5.74) is 1.48. The molecule has 2 heterocycles. The number of carbonyl (C=O) groups is 2. The highest BCUT2D eigenvalue weighted by atomic mass is 19.1. The van der Waals surface area contributed by atoms with E-state index in [0.717, 1.165) is 5.69 Å². The van der Waals surface area contributed by atoms with Gasteiger partial charge >= 0.3 is 0 Å². The first kappa shape index (κ1) is 23.0. The average molecular weight is 459 g/mol. The molecule has 0 radical (unpaired) electrons. The fourth-order valence-corrected chi connectivity index (χ4v) is 4.18. The molecule has 4 rings (SSSR count). The summed E-state index contributed by atoms with van der Waals surface area (Å²) in [7, 11) is 0. The lowest BCUT2D eigenvalue weighted by atomic mass is 10.2. The Balaban J connectivity index is 1.15. The van der Waals surface area contributed by atoms with E-state index in [-0.39, 0.29) is 36.7 Å². The molecule has 0 aromatic heterocycles. The van der Waals surface area contributed by atoms with Crippen LogP contribution in [-0.2, 0) is 14.3 Å². The molecule has 2 fully saturated rings. The van der Waals surface area contributed by atoms with Gasteiger partial charge in [0.2, 0.25) is 11.8 Å². The molecule has 2 amide bonds. The maximum atomic E-state index is 14.0. The second-order valence-corrected chi connectivity index (χ2v) is 8.16. The third-order valence-corrected chi connectivity index (χ3v) is 6.10. The van der Waals surface area contributed by atoms with Crippen LogP contribution in [-0.4, -0.2) is 87.2 Å². The van der Waals surface area contributed by atoms with E-state index in [1.54, 1.807) is 40.1 Å². The molecular weight excluding hydrogens is 430 g/mol. The van der Waals surface area contributed by atoms with Gasteiger partial charge in [-0.05, 0) is 36.4 Å². The normalized spacial score (nSPS) is 16.8. The number of hydrogen-bond donors (Lipinski definition) is 0. The first-order chi connectivity index (χ1) is 16.0. The van der Waals surface area contributed by atoms with Gasteiger partial charge in [-0.15, -0.1) is 0 Å². The third-order valence-electron chi connectivity index (χ3n) is 6.10. The molecule has 2 saturated heterocycles. The number of nitrogens with zero attached hydrogens (tertiary/aromatic N) is 4. The van der Waals surface area contributed by atoms with Gasteiger partial charge in [-0.3, -0.25) is 9.59 Å². The Morgan fingerprint density at radius 1 is 0.697 bits per heavy atom. The first-order valence-corrected chi connectivity index (χ1v) is 11.1. The molecule has 33 heavy (non-hydrogen) atoms. The molecule has 0 N–H and O–H groups in total. The summed E-state index contributed by atoms with van der Waals surface area (Å²) in [6, 6.07) is 12.9. The van der Waals surface area contributed by atoms with Crippen molar-refractivity contribution < 1.29 is 23.1 Å². The molecule has 0 unspecified atom stereocenters. The van der Waals surface area contributed by atoms with Gasteiger partial charge in [0.25, 0.3) is 0 Å². The van der Waals surface area contributed by atoms with E-state index in [1.165, 1.54) is 18.2 Å². The van der Waals surface area contributed by atoms with Crippen molar-refractivity contribution in [3.05, 3.63) is 60.2 Å². The Hall–Kier alpha value is -3.20. The maximum Gasteiger partial charge on any atom is 0.248 e. The molecular formula is C24H28F2N4O3. The Labute approximate surface area is 192 Å². The van der Waals surface area contributed by atoms with Gasteiger partial charge in [0, 0.05) is 58.0 Å². The van der Waals surface area contributed by atoms with E-state index < -0.39 is 0 Å². The predicted octanol–water partition coefficient (Wildman–Crippen LogP) is 1.98. The SMILES string of the molecule is O=C(COCC(=O)N1CCN(c2ccccc2F)CC1)N1CCN(c2ccc(F)cc2)CC1. The molecule has 2 aliphatic heterocycles. The first-order valence-electron chi connectivity index (χ1n) is 11.1. The maximum absolute atomic E-state index is 14.0. The van der Waals surface area contributed by atoms with E-state index in [4.69, 9.17) is 4.74 Å². The van der Waals surface area contributed by atoms with Crippen molar-refractivity contribution in [3.63, 3.8) is 0 Å². The molecule has 0 spiro atoms. The van der Waals surface area contributed by atoms with Crippen LogP contribution in [0.3, 0.4) is 0 Å². The fraction of sp³-hybridized carbons (Fsp3) is 0.417.